The molecular weight excluding hydrogens is 264 g/mol. The summed E-state index contributed by atoms with van der Waals surface area (Å²) in [4.78, 5) is 1.19. The third-order valence-electron chi connectivity index (χ3n) is 2.66. The second-order valence-corrected chi connectivity index (χ2v) is 6.27. The summed E-state index contributed by atoms with van der Waals surface area (Å²) in [6.07, 6.45) is 0.605. The fraction of sp³-hybridized carbons (Fsp3) is 0.600. The molecule has 4 heteroatoms. The second kappa shape index (κ2) is 4.31. The van der Waals surface area contributed by atoms with Crippen molar-refractivity contribution in [1.82, 2.24) is 0 Å². The highest BCUT2D eigenvalue weighted by atomic mass is 79.9. The Morgan fingerprint density at radius 3 is 3.00 bits per heavy atom. The molecule has 1 aromatic rings. The lowest BCUT2D eigenvalue weighted by molar-refractivity contribution is 0.0917. The lowest BCUT2D eigenvalue weighted by Gasteiger charge is -2.15. The van der Waals surface area contributed by atoms with Gasteiger partial charge < -0.3 is 9.84 Å². The number of thiophene rings is 1. The highest BCUT2D eigenvalue weighted by Gasteiger charge is 2.27. The summed E-state index contributed by atoms with van der Waals surface area (Å²) in [6, 6.07) is 2.02. The van der Waals surface area contributed by atoms with E-state index < -0.39 is 0 Å². The number of hydrogen-bond donors (Lipinski definition) is 1. The number of aliphatic hydroxyl groups excluding tert-OH is 1. The molecule has 2 nitrogen and oxygen atoms in total. The van der Waals surface area contributed by atoms with Crippen LogP contribution >= 0.6 is 27.3 Å². The molecule has 2 rings (SSSR count). The first-order valence-electron chi connectivity index (χ1n) is 4.70. The van der Waals surface area contributed by atoms with E-state index >= 15 is 0 Å². The molecule has 14 heavy (non-hydrogen) atoms. The van der Waals surface area contributed by atoms with Crippen molar-refractivity contribution in [2.24, 2.45) is 5.92 Å². The van der Waals surface area contributed by atoms with Crippen LogP contribution in [0.5, 0.6) is 0 Å². The Balaban J connectivity index is 2.17. The molecule has 1 aliphatic rings. The molecule has 0 aromatic carbocycles. The van der Waals surface area contributed by atoms with Crippen molar-refractivity contribution in [2.75, 3.05) is 13.2 Å². The van der Waals surface area contributed by atoms with E-state index in [2.05, 4.69) is 15.9 Å². The Morgan fingerprint density at radius 2 is 2.50 bits per heavy atom. The molecule has 0 spiro atoms. The molecule has 1 fully saturated rings. The van der Waals surface area contributed by atoms with Crippen LogP contribution in [0.3, 0.4) is 0 Å². The molecule has 1 saturated heterocycles. The van der Waals surface area contributed by atoms with Crippen molar-refractivity contribution in [1.29, 1.82) is 0 Å². The monoisotopic (exact) mass is 276 g/mol. The molecule has 0 bridgehead atoms. The van der Waals surface area contributed by atoms with E-state index in [0.29, 0.717) is 6.61 Å². The predicted octanol–water partition coefficient (Wildman–Crippen LogP) is 2.89. The molecule has 0 amide bonds. The molecule has 0 saturated carbocycles. The maximum atomic E-state index is 10.1. The summed E-state index contributed by atoms with van der Waals surface area (Å²) in [5.74, 6) is 0.273. The minimum Gasteiger partial charge on any atom is -0.388 e. The Labute approximate surface area is 96.0 Å². The Bertz CT molecular complexity index is 318. The van der Waals surface area contributed by atoms with Gasteiger partial charge in [-0.3, -0.25) is 0 Å². The van der Waals surface area contributed by atoms with Gasteiger partial charge in [-0.05, 0) is 40.9 Å². The highest BCUT2D eigenvalue weighted by molar-refractivity contribution is 9.11. The van der Waals surface area contributed by atoms with E-state index in [4.69, 9.17) is 4.74 Å². The molecule has 1 aliphatic heterocycles. The fourth-order valence-corrected chi connectivity index (χ4v) is 3.56. The normalized spacial score (nSPS) is 24.1. The van der Waals surface area contributed by atoms with Crippen molar-refractivity contribution < 1.29 is 9.84 Å². The maximum absolute atomic E-state index is 10.1. The van der Waals surface area contributed by atoms with Crippen LogP contribution < -0.4 is 0 Å². The summed E-state index contributed by atoms with van der Waals surface area (Å²) in [5, 5.41) is 10.1. The minimum absolute atomic E-state index is 0.273. The van der Waals surface area contributed by atoms with Gasteiger partial charge in [-0.1, -0.05) is 0 Å². The Morgan fingerprint density at radius 1 is 1.71 bits per heavy atom. The third kappa shape index (κ3) is 2.03. The van der Waals surface area contributed by atoms with Gasteiger partial charge in [-0.25, -0.2) is 0 Å². The summed E-state index contributed by atoms with van der Waals surface area (Å²) >= 11 is 5.11. The van der Waals surface area contributed by atoms with Crippen LogP contribution in [0.1, 0.15) is 23.0 Å². The third-order valence-corrected chi connectivity index (χ3v) is 4.23. The van der Waals surface area contributed by atoms with Crippen LogP contribution in [0.25, 0.3) is 0 Å². The fourth-order valence-electron chi connectivity index (χ4n) is 1.81. The zero-order valence-corrected chi connectivity index (χ0v) is 10.4. The smallest absolute Gasteiger partial charge is 0.0852 e. The van der Waals surface area contributed by atoms with Gasteiger partial charge in [0.1, 0.15) is 0 Å². The number of hydrogen-bond acceptors (Lipinski definition) is 3. The molecule has 1 N–H and O–H groups in total. The Hall–Kier alpha value is 0.1000. The summed E-state index contributed by atoms with van der Waals surface area (Å²) in [7, 11) is 0. The first kappa shape index (κ1) is 10.6. The molecule has 78 valence electrons. The van der Waals surface area contributed by atoms with E-state index in [1.54, 1.807) is 11.3 Å². The van der Waals surface area contributed by atoms with Gasteiger partial charge in [0.15, 0.2) is 0 Å². The van der Waals surface area contributed by atoms with E-state index in [1.807, 2.05) is 13.0 Å². The zero-order valence-electron chi connectivity index (χ0n) is 8.00. The number of aryl methyl sites for hydroxylation is 1. The van der Waals surface area contributed by atoms with Gasteiger partial charge in [0.05, 0.1) is 16.5 Å². The first-order valence-corrected chi connectivity index (χ1v) is 6.31. The standard InChI is InChI=1S/C10H13BrO2S/c1-6-8(4-9(11)14-6)10(12)7-2-3-13-5-7/h4,7,10,12H,2-3,5H2,1H3. The van der Waals surface area contributed by atoms with Gasteiger partial charge in [0.2, 0.25) is 0 Å². The highest BCUT2D eigenvalue weighted by Crippen LogP contribution is 2.36. The quantitative estimate of drug-likeness (QED) is 0.900. The first-order chi connectivity index (χ1) is 6.68. The summed E-state index contributed by atoms with van der Waals surface area (Å²) < 4.78 is 6.36. The van der Waals surface area contributed by atoms with Crippen LogP contribution in [0.15, 0.2) is 9.85 Å². The van der Waals surface area contributed by atoms with Gasteiger partial charge in [0, 0.05) is 17.4 Å². The number of ether oxygens (including phenoxy) is 1. The van der Waals surface area contributed by atoms with Crippen molar-refractivity contribution in [3.63, 3.8) is 0 Å². The molecule has 2 unspecified atom stereocenters. The van der Waals surface area contributed by atoms with E-state index in [0.717, 1.165) is 22.4 Å². The van der Waals surface area contributed by atoms with Crippen LogP contribution in [0.4, 0.5) is 0 Å². The molecular formula is C10H13BrO2S. The summed E-state index contributed by atoms with van der Waals surface area (Å²) in [6.45, 7) is 3.52. The average Bonchev–Trinajstić information content (AvgIpc) is 2.73. The molecule has 1 aromatic heterocycles. The average molecular weight is 277 g/mol. The minimum atomic E-state index is -0.361. The van der Waals surface area contributed by atoms with Crippen molar-refractivity contribution in [2.45, 2.75) is 19.4 Å². The number of halogens is 1. The molecule has 2 atom stereocenters. The lowest BCUT2D eigenvalue weighted by atomic mass is 9.96. The predicted molar refractivity (Wildman–Crippen MR) is 60.6 cm³/mol. The van der Waals surface area contributed by atoms with Crippen LogP contribution in [0.2, 0.25) is 0 Å². The summed E-state index contributed by atoms with van der Waals surface area (Å²) in [5.41, 5.74) is 1.05. The Kier molecular flexibility index (Phi) is 3.27. The second-order valence-electron chi connectivity index (χ2n) is 3.63. The van der Waals surface area contributed by atoms with Gasteiger partial charge in [-0.2, -0.15) is 0 Å². The van der Waals surface area contributed by atoms with Crippen molar-refractivity contribution >= 4 is 27.3 Å². The maximum Gasteiger partial charge on any atom is 0.0852 e. The topological polar surface area (TPSA) is 29.5 Å². The van der Waals surface area contributed by atoms with Crippen LogP contribution in [-0.4, -0.2) is 18.3 Å². The number of aliphatic hydroxyl groups is 1. The van der Waals surface area contributed by atoms with E-state index in [-0.39, 0.29) is 12.0 Å². The SMILES string of the molecule is Cc1sc(Br)cc1C(O)C1CCOC1. The number of rotatable bonds is 2. The van der Waals surface area contributed by atoms with Gasteiger partial charge >= 0.3 is 0 Å². The van der Waals surface area contributed by atoms with E-state index in [1.165, 1.54) is 4.88 Å². The largest absolute Gasteiger partial charge is 0.388 e. The van der Waals surface area contributed by atoms with Gasteiger partial charge in [0.25, 0.3) is 0 Å². The zero-order chi connectivity index (χ0) is 10.1. The van der Waals surface area contributed by atoms with Crippen molar-refractivity contribution in [3.8, 4) is 0 Å². The molecule has 0 aliphatic carbocycles. The lowest BCUT2D eigenvalue weighted by Crippen LogP contribution is -2.12. The molecule has 0 radical (unpaired) electrons. The molecule has 2 heterocycles. The van der Waals surface area contributed by atoms with Gasteiger partial charge in [-0.15, -0.1) is 11.3 Å². The van der Waals surface area contributed by atoms with Crippen LogP contribution in [-0.2, 0) is 4.74 Å². The van der Waals surface area contributed by atoms with E-state index in [9.17, 15) is 5.11 Å². The van der Waals surface area contributed by atoms with Crippen molar-refractivity contribution in [3.05, 3.63) is 20.3 Å². The van der Waals surface area contributed by atoms with Crippen LogP contribution in [0, 0.1) is 12.8 Å².